The number of esters is 1. The van der Waals surface area contributed by atoms with Gasteiger partial charge in [0.2, 0.25) is 0 Å². The van der Waals surface area contributed by atoms with Gasteiger partial charge in [-0.2, -0.15) is 4.99 Å². The Balaban J connectivity index is 3.48. The zero-order chi connectivity index (χ0) is 7.11. The lowest BCUT2D eigenvalue weighted by atomic mass is 10.8. The summed E-state index contributed by atoms with van der Waals surface area (Å²) in [5, 5.41) is 2.07. The molecule has 3 nitrogen and oxygen atoms in total. The second kappa shape index (κ2) is 5.15. The largest absolute Gasteiger partial charge is 0.433 e. The lowest BCUT2D eigenvalue weighted by Crippen LogP contribution is -1.88. The molecule has 0 aliphatic rings. The molecule has 0 rings (SSSR count). The first-order valence-corrected chi connectivity index (χ1v) is 2.57. The summed E-state index contributed by atoms with van der Waals surface area (Å²) in [7, 11) is 0. The first-order valence-electron chi connectivity index (χ1n) is 2.16. The average molecular weight is 143 g/mol. The first kappa shape index (κ1) is 8.01. The highest BCUT2D eigenvalue weighted by molar-refractivity contribution is 7.78. The van der Waals surface area contributed by atoms with Gasteiger partial charge in [0.25, 0.3) is 0 Å². The number of hydrogen-bond acceptors (Lipinski definition) is 4. The van der Waals surface area contributed by atoms with Crippen LogP contribution in [0, 0.1) is 0 Å². The molecule has 0 spiro atoms. The zero-order valence-corrected chi connectivity index (χ0v) is 5.64. The van der Waals surface area contributed by atoms with Gasteiger partial charge in [-0.1, -0.05) is 0 Å². The molecule has 0 fully saturated rings. The van der Waals surface area contributed by atoms with E-state index >= 15 is 0 Å². The first-order chi connectivity index (χ1) is 4.27. The Morgan fingerprint density at radius 3 is 3.00 bits per heavy atom. The van der Waals surface area contributed by atoms with Crippen molar-refractivity contribution in [3.63, 3.8) is 0 Å². The van der Waals surface area contributed by atoms with E-state index in [4.69, 9.17) is 0 Å². The van der Waals surface area contributed by atoms with Gasteiger partial charge in [-0.05, 0) is 12.2 Å². The summed E-state index contributed by atoms with van der Waals surface area (Å²) in [5.41, 5.74) is 0. The molecule has 4 heteroatoms. The number of carbonyl (C=O) groups excluding carboxylic acids is 1. The maximum absolute atomic E-state index is 10.0. The van der Waals surface area contributed by atoms with Crippen molar-refractivity contribution < 1.29 is 9.53 Å². The van der Waals surface area contributed by atoms with E-state index in [-0.39, 0.29) is 5.97 Å². The zero-order valence-electron chi connectivity index (χ0n) is 4.83. The molecule has 0 aliphatic heterocycles. The Kier molecular flexibility index (Phi) is 4.59. The van der Waals surface area contributed by atoms with Gasteiger partial charge in [0.05, 0.1) is 11.4 Å². The van der Waals surface area contributed by atoms with Crippen LogP contribution in [0.2, 0.25) is 0 Å². The third-order valence-electron chi connectivity index (χ3n) is 0.422. The molecule has 9 heavy (non-hydrogen) atoms. The van der Waals surface area contributed by atoms with Gasteiger partial charge in [0.15, 0.2) is 0 Å². The van der Waals surface area contributed by atoms with Crippen molar-refractivity contribution in [2.75, 3.05) is 0 Å². The minimum atomic E-state index is -0.384. The molecule has 0 unspecified atom stereocenters. The summed E-state index contributed by atoms with van der Waals surface area (Å²) in [5.74, 6) is -0.384. The Morgan fingerprint density at radius 1 is 1.89 bits per heavy atom. The minimum absolute atomic E-state index is 0.384. The summed E-state index contributed by atoms with van der Waals surface area (Å²) in [4.78, 5) is 13.4. The molecule has 48 valence electrons. The van der Waals surface area contributed by atoms with Crippen LogP contribution in [0.3, 0.4) is 0 Å². The number of thiocarbonyl (C=S) groups is 1. The van der Waals surface area contributed by atoms with Gasteiger partial charge in [0, 0.05) is 6.92 Å². The van der Waals surface area contributed by atoms with Gasteiger partial charge in [-0.15, -0.1) is 0 Å². The topological polar surface area (TPSA) is 38.7 Å². The Bertz CT molecular complexity index is 170. The van der Waals surface area contributed by atoms with Crippen LogP contribution in [0.5, 0.6) is 0 Å². The van der Waals surface area contributed by atoms with Crippen LogP contribution in [0.25, 0.3) is 0 Å². The maximum Gasteiger partial charge on any atom is 0.307 e. The van der Waals surface area contributed by atoms with Crippen LogP contribution >= 0.6 is 12.2 Å². The minimum Gasteiger partial charge on any atom is -0.433 e. The van der Waals surface area contributed by atoms with Crippen molar-refractivity contribution in [1.82, 2.24) is 0 Å². The van der Waals surface area contributed by atoms with E-state index in [1.807, 2.05) is 0 Å². The van der Waals surface area contributed by atoms with Gasteiger partial charge in [-0.3, -0.25) is 4.79 Å². The second-order valence-electron chi connectivity index (χ2n) is 1.11. The molecule has 0 amide bonds. The average Bonchev–Trinajstić information content (AvgIpc) is 1.80. The molecular weight excluding hydrogens is 138 g/mol. The van der Waals surface area contributed by atoms with E-state index in [2.05, 4.69) is 27.1 Å². The normalized spacial score (nSPS) is 8.56. The fourth-order valence-corrected chi connectivity index (χ4v) is 0.248. The third kappa shape index (κ3) is 7.01. The molecule has 0 aliphatic carbocycles. The molecule has 0 aromatic rings. The van der Waals surface area contributed by atoms with Crippen LogP contribution in [0.1, 0.15) is 6.92 Å². The van der Waals surface area contributed by atoms with Crippen molar-refractivity contribution in [3.8, 4) is 0 Å². The second-order valence-corrected chi connectivity index (χ2v) is 1.30. The lowest BCUT2D eigenvalue weighted by molar-refractivity contribution is -0.135. The highest BCUT2D eigenvalue weighted by Gasteiger charge is 1.81. The van der Waals surface area contributed by atoms with Gasteiger partial charge in [-0.25, -0.2) is 0 Å². The predicted molar refractivity (Wildman–Crippen MR) is 35.9 cm³/mol. The number of carbonyl (C=O) groups is 1. The third-order valence-corrected chi connectivity index (χ3v) is 0.528. The number of isothiocyanates is 1. The van der Waals surface area contributed by atoms with E-state index in [0.717, 1.165) is 6.26 Å². The fraction of sp³-hybridized carbons (Fsp3) is 0.200. The van der Waals surface area contributed by atoms with E-state index < -0.39 is 0 Å². The van der Waals surface area contributed by atoms with E-state index in [1.165, 1.54) is 13.1 Å². The molecule has 0 heterocycles. The highest BCUT2D eigenvalue weighted by Crippen LogP contribution is 1.77. The van der Waals surface area contributed by atoms with Crippen LogP contribution in [0.15, 0.2) is 17.5 Å². The fourth-order valence-electron chi connectivity index (χ4n) is 0.187. The van der Waals surface area contributed by atoms with Gasteiger partial charge >= 0.3 is 5.97 Å². The standard InChI is InChI=1S/C5H5NO2S/c1-5(7)8-3-2-6-4-9/h2-3H,1H3/b3-2+. The summed E-state index contributed by atoms with van der Waals surface area (Å²) in [6, 6.07) is 0. The molecular formula is C5H5NO2S. The number of ether oxygens (including phenoxy) is 1. The summed E-state index contributed by atoms with van der Waals surface area (Å²) in [6.07, 6.45) is 2.38. The highest BCUT2D eigenvalue weighted by atomic mass is 32.1. The molecule has 0 aromatic carbocycles. The molecule has 0 aromatic heterocycles. The molecule has 0 bridgehead atoms. The van der Waals surface area contributed by atoms with Gasteiger partial charge < -0.3 is 4.74 Å². The quantitative estimate of drug-likeness (QED) is 0.251. The SMILES string of the molecule is CC(=O)O/C=C/N=C=S. The maximum atomic E-state index is 10.0. The molecule has 0 radical (unpaired) electrons. The summed E-state index contributed by atoms with van der Waals surface area (Å²) >= 11 is 4.22. The Morgan fingerprint density at radius 2 is 2.56 bits per heavy atom. The van der Waals surface area contributed by atoms with Crippen LogP contribution < -0.4 is 0 Å². The smallest absolute Gasteiger partial charge is 0.307 e. The molecule has 0 saturated heterocycles. The van der Waals surface area contributed by atoms with Crippen molar-refractivity contribution in [2.45, 2.75) is 6.92 Å². The van der Waals surface area contributed by atoms with E-state index in [1.54, 1.807) is 0 Å². The number of hydrogen-bond donors (Lipinski definition) is 0. The van der Waals surface area contributed by atoms with Crippen molar-refractivity contribution in [2.24, 2.45) is 4.99 Å². The lowest BCUT2D eigenvalue weighted by Gasteiger charge is -1.85. The predicted octanol–water partition coefficient (Wildman–Crippen LogP) is 1.12. The van der Waals surface area contributed by atoms with E-state index in [9.17, 15) is 4.79 Å². The Labute approximate surface area is 58.0 Å². The van der Waals surface area contributed by atoms with Crippen molar-refractivity contribution >= 4 is 23.3 Å². The van der Waals surface area contributed by atoms with Gasteiger partial charge in [0.1, 0.15) is 6.26 Å². The Hall–Kier alpha value is -0.990. The monoisotopic (exact) mass is 143 g/mol. The summed E-state index contributed by atoms with van der Waals surface area (Å²) < 4.78 is 4.34. The van der Waals surface area contributed by atoms with Crippen LogP contribution in [-0.2, 0) is 9.53 Å². The molecule has 0 N–H and O–H groups in total. The van der Waals surface area contributed by atoms with Crippen LogP contribution in [0.4, 0.5) is 0 Å². The van der Waals surface area contributed by atoms with E-state index in [0.29, 0.717) is 0 Å². The van der Waals surface area contributed by atoms with Crippen molar-refractivity contribution in [1.29, 1.82) is 0 Å². The van der Waals surface area contributed by atoms with Crippen LogP contribution in [-0.4, -0.2) is 11.1 Å². The molecule has 0 saturated carbocycles. The van der Waals surface area contributed by atoms with Crippen molar-refractivity contribution in [3.05, 3.63) is 12.5 Å². The summed E-state index contributed by atoms with van der Waals surface area (Å²) in [6.45, 7) is 1.30. The number of nitrogens with zero attached hydrogens (tertiary/aromatic N) is 1. The molecule has 0 atom stereocenters. The number of rotatable bonds is 2. The number of aliphatic imine (C=N–C) groups is 1.